The number of methoxy groups -OCH3 is 2. The SMILES string of the molecule is COc1ccc(C(=O)Nc2ccc(NCc3cccc(C)c3)cc2)cc1OC. The molecule has 0 aromatic heterocycles. The summed E-state index contributed by atoms with van der Waals surface area (Å²) in [6.45, 7) is 2.83. The van der Waals surface area contributed by atoms with Gasteiger partial charge in [-0.15, -0.1) is 0 Å². The number of carbonyl (C=O) groups is 1. The maximum atomic E-state index is 12.5. The maximum absolute atomic E-state index is 12.5. The molecule has 0 unspecified atom stereocenters. The number of rotatable bonds is 7. The molecule has 28 heavy (non-hydrogen) atoms. The maximum Gasteiger partial charge on any atom is 0.255 e. The summed E-state index contributed by atoms with van der Waals surface area (Å²) in [5, 5.41) is 6.28. The predicted molar refractivity (Wildman–Crippen MR) is 112 cm³/mol. The Hall–Kier alpha value is -3.47. The molecule has 1 amide bonds. The molecule has 3 aromatic rings. The molecule has 0 saturated carbocycles. The van der Waals surface area contributed by atoms with Gasteiger partial charge in [-0.05, 0) is 55.0 Å². The van der Waals surface area contributed by atoms with Gasteiger partial charge in [-0.25, -0.2) is 0 Å². The van der Waals surface area contributed by atoms with Gasteiger partial charge in [0.1, 0.15) is 0 Å². The third-order valence-electron chi connectivity index (χ3n) is 4.37. The second-order valence-electron chi connectivity index (χ2n) is 6.44. The summed E-state index contributed by atoms with van der Waals surface area (Å²) in [6.07, 6.45) is 0. The normalized spacial score (nSPS) is 10.2. The predicted octanol–water partition coefficient (Wildman–Crippen LogP) is 4.88. The van der Waals surface area contributed by atoms with Crippen LogP contribution in [0.1, 0.15) is 21.5 Å². The molecular formula is C23H24N2O3. The van der Waals surface area contributed by atoms with Crippen molar-refractivity contribution < 1.29 is 14.3 Å². The van der Waals surface area contributed by atoms with E-state index < -0.39 is 0 Å². The van der Waals surface area contributed by atoms with Crippen LogP contribution in [-0.2, 0) is 6.54 Å². The van der Waals surface area contributed by atoms with Crippen LogP contribution in [0, 0.1) is 6.92 Å². The Labute approximate surface area is 165 Å². The molecule has 3 rings (SSSR count). The minimum atomic E-state index is -0.207. The molecule has 0 saturated heterocycles. The van der Waals surface area contributed by atoms with Crippen LogP contribution in [0.15, 0.2) is 66.7 Å². The third-order valence-corrected chi connectivity index (χ3v) is 4.37. The number of hydrogen-bond donors (Lipinski definition) is 2. The fourth-order valence-corrected chi connectivity index (χ4v) is 2.88. The molecule has 0 bridgehead atoms. The molecule has 0 heterocycles. The first-order valence-corrected chi connectivity index (χ1v) is 9.02. The first kappa shape index (κ1) is 19.3. The first-order chi connectivity index (χ1) is 13.6. The van der Waals surface area contributed by atoms with E-state index in [1.54, 1.807) is 32.4 Å². The average molecular weight is 376 g/mol. The molecule has 0 spiro atoms. The molecule has 0 atom stereocenters. The number of hydrogen-bond acceptors (Lipinski definition) is 4. The number of anilines is 2. The van der Waals surface area contributed by atoms with Crippen LogP contribution < -0.4 is 20.1 Å². The number of benzene rings is 3. The summed E-state index contributed by atoms with van der Waals surface area (Å²) in [7, 11) is 3.11. The summed E-state index contributed by atoms with van der Waals surface area (Å²) in [6, 6.07) is 21.1. The van der Waals surface area contributed by atoms with E-state index in [9.17, 15) is 4.79 Å². The van der Waals surface area contributed by atoms with Gasteiger partial charge >= 0.3 is 0 Å². The van der Waals surface area contributed by atoms with Gasteiger partial charge in [-0.1, -0.05) is 29.8 Å². The lowest BCUT2D eigenvalue weighted by Gasteiger charge is -2.11. The van der Waals surface area contributed by atoms with Crippen molar-refractivity contribution in [3.05, 3.63) is 83.4 Å². The molecule has 0 aliphatic rings. The molecule has 3 aromatic carbocycles. The van der Waals surface area contributed by atoms with Crippen LogP contribution in [0.5, 0.6) is 11.5 Å². The Bertz CT molecular complexity index is 952. The van der Waals surface area contributed by atoms with Gasteiger partial charge in [0.15, 0.2) is 11.5 Å². The highest BCUT2D eigenvalue weighted by Crippen LogP contribution is 2.28. The second-order valence-corrected chi connectivity index (χ2v) is 6.44. The zero-order valence-corrected chi connectivity index (χ0v) is 16.3. The van der Waals surface area contributed by atoms with Gasteiger partial charge in [0.25, 0.3) is 5.91 Å². The highest BCUT2D eigenvalue weighted by molar-refractivity contribution is 6.04. The molecule has 5 nitrogen and oxygen atoms in total. The van der Waals surface area contributed by atoms with Crippen molar-refractivity contribution in [3.63, 3.8) is 0 Å². The van der Waals surface area contributed by atoms with Crippen LogP contribution in [-0.4, -0.2) is 20.1 Å². The van der Waals surface area contributed by atoms with Gasteiger partial charge in [0.2, 0.25) is 0 Å². The smallest absolute Gasteiger partial charge is 0.255 e. The molecule has 0 aliphatic heterocycles. The number of ether oxygens (including phenoxy) is 2. The third kappa shape index (κ3) is 4.82. The summed E-state index contributed by atoms with van der Waals surface area (Å²) in [5.74, 6) is 0.898. The Balaban J connectivity index is 1.61. The van der Waals surface area contributed by atoms with Gasteiger partial charge in [0.05, 0.1) is 14.2 Å². The summed E-state index contributed by atoms with van der Waals surface area (Å²) in [4.78, 5) is 12.5. The largest absolute Gasteiger partial charge is 0.493 e. The summed E-state index contributed by atoms with van der Waals surface area (Å²) in [5.41, 5.74) is 4.68. The van der Waals surface area contributed by atoms with Gasteiger partial charge in [0, 0.05) is 23.5 Å². The molecule has 0 fully saturated rings. The number of nitrogens with one attached hydrogen (secondary N) is 2. The van der Waals surface area contributed by atoms with Crippen molar-refractivity contribution >= 4 is 17.3 Å². The van der Waals surface area contributed by atoms with E-state index in [0.717, 1.165) is 17.9 Å². The number of amides is 1. The number of aryl methyl sites for hydroxylation is 1. The van der Waals surface area contributed by atoms with E-state index in [-0.39, 0.29) is 5.91 Å². The van der Waals surface area contributed by atoms with E-state index in [2.05, 4.69) is 41.8 Å². The molecule has 0 radical (unpaired) electrons. The monoisotopic (exact) mass is 376 g/mol. The number of carbonyl (C=O) groups excluding carboxylic acids is 1. The Morgan fingerprint density at radius 3 is 2.25 bits per heavy atom. The van der Waals surface area contributed by atoms with Crippen molar-refractivity contribution in [2.75, 3.05) is 24.9 Å². The van der Waals surface area contributed by atoms with Crippen molar-refractivity contribution in [2.45, 2.75) is 13.5 Å². The average Bonchev–Trinajstić information content (AvgIpc) is 2.72. The molecular weight excluding hydrogens is 352 g/mol. The fourth-order valence-electron chi connectivity index (χ4n) is 2.88. The summed E-state index contributed by atoms with van der Waals surface area (Å²) >= 11 is 0. The molecule has 5 heteroatoms. The standard InChI is InChI=1S/C23H24N2O3/c1-16-5-4-6-17(13-16)15-24-19-8-10-20(11-9-19)25-23(26)18-7-12-21(27-2)22(14-18)28-3/h4-14,24H,15H2,1-3H3,(H,25,26). The van der Waals surface area contributed by atoms with E-state index in [0.29, 0.717) is 17.1 Å². The van der Waals surface area contributed by atoms with Crippen LogP contribution >= 0.6 is 0 Å². The topological polar surface area (TPSA) is 59.6 Å². The van der Waals surface area contributed by atoms with Crippen LogP contribution in [0.2, 0.25) is 0 Å². The molecule has 2 N–H and O–H groups in total. The summed E-state index contributed by atoms with van der Waals surface area (Å²) < 4.78 is 10.5. The zero-order chi connectivity index (χ0) is 19.9. The molecule has 144 valence electrons. The Morgan fingerprint density at radius 1 is 0.857 bits per heavy atom. The zero-order valence-electron chi connectivity index (χ0n) is 16.3. The second kappa shape index (κ2) is 8.95. The van der Waals surface area contributed by atoms with Crippen molar-refractivity contribution in [1.29, 1.82) is 0 Å². The van der Waals surface area contributed by atoms with E-state index in [1.165, 1.54) is 11.1 Å². The van der Waals surface area contributed by atoms with Crippen LogP contribution in [0.4, 0.5) is 11.4 Å². The van der Waals surface area contributed by atoms with Crippen molar-refractivity contribution in [2.24, 2.45) is 0 Å². The van der Waals surface area contributed by atoms with E-state index in [4.69, 9.17) is 9.47 Å². The lowest BCUT2D eigenvalue weighted by molar-refractivity contribution is 0.102. The van der Waals surface area contributed by atoms with Crippen LogP contribution in [0.3, 0.4) is 0 Å². The van der Waals surface area contributed by atoms with E-state index in [1.807, 2.05) is 24.3 Å². The quantitative estimate of drug-likeness (QED) is 0.617. The lowest BCUT2D eigenvalue weighted by atomic mass is 10.1. The highest BCUT2D eigenvalue weighted by atomic mass is 16.5. The lowest BCUT2D eigenvalue weighted by Crippen LogP contribution is -2.12. The Morgan fingerprint density at radius 2 is 1.57 bits per heavy atom. The minimum Gasteiger partial charge on any atom is -0.493 e. The van der Waals surface area contributed by atoms with Crippen LogP contribution in [0.25, 0.3) is 0 Å². The highest BCUT2D eigenvalue weighted by Gasteiger charge is 2.11. The Kier molecular flexibility index (Phi) is 6.17. The van der Waals surface area contributed by atoms with Gasteiger partial charge in [-0.3, -0.25) is 4.79 Å². The van der Waals surface area contributed by atoms with Gasteiger partial charge < -0.3 is 20.1 Å². The van der Waals surface area contributed by atoms with E-state index >= 15 is 0 Å². The first-order valence-electron chi connectivity index (χ1n) is 9.02. The minimum absolute atomic E-state index is 0.207. The molecule has 0 aliphatic carbocycles. The van der Waals surface area contributed by atoms with Gasteiger partial charge in [-0.2, -0.15) is 0 Å². The van der Waals surface area contributed by atoms with Crippen molar-refractivity contribution in [1.82, 2.24) is 0 Å². The van der Waals surface area contributed by atoms with Crippen molar-refractivity contribution in [3.8, 4) is 11.5 Å². The fraction of sp³-hybridized carbons (Fsp3) is 0.174.